The highest BCUT2D eigenvalue weighted by atomic mass is 16.3. The fourth-order valence-corrected chi connectivity index (χ4v) is 1.31. The molecule has 3 N–H and O–H groups in total. The molecule has 0 fully saturated rings. The van der Waals surface area contributed by atoms with Gasteiger partial charge in [-0.05, 0) is 13.0 Å². The Morgan fingerprint density at radius 2 is 1.69 bits per heavy atom. The molecule has 0 bridgehead atoms. The monoisotopic (exact) mass is 216 g/mol. The van der Waals surface area contributed by atoms with Crippen molar-refractivity contribution >= 4 is 5.95 Å². The summed E-state index contributed by atoms with van der Waals surface area (Å²) in [6.45, 7) is 1.67. The fraction of sp³-hybridized carbons (Fsp3) is 0.182. The summed E-state index contributed by atoms with van der Waals surface area (Å²) in [5.41, 5.74) is 7.78. The van der Waals surface area contributed by atoms with E-state index in [2.05, 4.69) is 15.0 Å². The van der Waals surface area contributed by atoms with Crippen molar-refractivity contribution in [2.45, 2.75) is 13.0 Å². The number of nitrogens with zero attached hydrogens (tertiary/aromatic N) is 3. The number of hydrogen-bond acceptors (Lipinski definition) is 5. The van der Waals surface area contributed by atoms with Crippen LogP contribution in [0.1, 0.15) is 18.7 Å². The van der Waals surface area contributed by atoms with Crippen LogP contribution in [0.15, 0.2) is 30.7 Å². The molecule has 82 valence electrons. The second-order valence-electron chi connectivity index (χ2n) is 3.48. The van der Waals surface area contributed by atoms with Crippen molar-refractivity contribution in [3.8, 4) is 11.1 Å². The van der Waals surface area contributed by atoms with E-state index >= 15 is 0 Å². The first kappa shape index (κ1) is 10.5. The third-order valence-corrected chi connectivity index (χ3v) is 2.22. The highest BCUT2D eigenvalue weighted by Crippen LogP contribution is 2.18. The van der Waals surface area contributed by atoms with Crippen LogP contribution in [0.25, 0.3) is 11.1 Å². The molecule has 0 saturated carbocycles. The van der Waals surface area contributed by atoms with Gasteiger partial charge >= 0.3 is 0 Å². The van der Waals surface area contributed by atoms with E-state index in [0.29, 0.717) is 5.69 Å². The SMILES string of the molecule is C[C@H](O)c1ccc(-c2cnc(N)nc2)cn1. The smallest absolute Gasteiger partial charge is 0.219 e. The molecule has 0 aliphatic rings. The Kier molecular flexibility index (Phi) is 2.78. The number of aromatic nitrogens is 3. The summed E-state index contributed by atoms with van der Waals surface area (Å²) in [6, 6.07) is 3.64. The first-order valence-corrected chi connectivity index (χ1v) is 4.89. The number of hydrogen-bond donors (Lipinski definition) is 2. The first-order chi connectivity index (χ1) is 7.66. The minimum Gasteiger partial charge on any atom is -0.387 e. The molecule has 0 aromatic carbocycles. The van der Waals surface area contributed by atoms with Crippen LogP contribution >= 0.6 is 0 Å². The van der Waals surface area contributed by atoms with Crippen LogP contribution in [-0.2, 0) is 0 Å². The minimum atomic E-state index is -0.559. The second-order valence-corrected chi connectivity index (χ2v) is 3.48. The van der Waals surface area contributed by atoms with E-state index in [1.54, 1.807) is 31.6 Å². The number of aliphatic hydroxyl groups is 1. The quantitative estimate of drug-likeness (QED) is 0.787. The van der Waals surface area contributed by atoms with Crippen LogP contribution in [0.3, 0.4) is 0 Å². The van der Waals surface area contributed by atoms with E-state index in [0.717, 1.165) is 11.1 Å². The van der Waals surface area contributed by atoms with Gasteiger partial charge < -0.3 is 10.8 Å². The lowest BCUT2D eigenvalue weighted by molar-refractivity contribution is 0.194. The number of pyridine rings is 1. The van der Waals surface area contributed by atoms with E-state index < -0.39 is 6.10 Å². The maximum absolute atomic E-state index is 9.32. The molecule has 0 spiro atoms. The summed E-state index contributed by atoms with van der Waals surface area (Å²) < 4.78 is 0. The van der Waals surface area contributed by atoms with Gasteiger partial charge in [-0.1, -0.05) is 6.07 Å². The van der Waals surface area contributed by atoms with Crippen LogP contribution in [0.2, 0.25) is 0 Å². The van der Waals surface area contributed by atoms with Gasteiger partial charge in [0.25, 0.3) is 0 Å². The second kappa shape index (κ2) is 4.24. The van der Waals surface area contributed by atoms with Gasteiger partial charge in [-0.3, -0.25) is 4.98 Å². The van der Waals surface area contributed by atoms with Crippen LogP contribution in [-0.4, -0.2) is 20.1 Å². The van der Waals surface area contributed by atoms with Crippen molar-refractivity contribution in [1.82, 2.24) is 15.0 Å². The molecular weight excluding hydrogens is 204 g/mol. The third kappa shape index (κ3) is 2.14. The lowest BCUT2D eigenvalue weighted by Gasteiger charge is -2.05. The molecule has 0 aliphatic carbocycles. The zero-order valence-corrected chi connectivity index (χ0v) is 8.83. The van der Waals surface area contributed by atoms with E-state index in [4.69, 9.17) is 5.73 Å². The number of aliphatic hydroxyl groups excluding tert-OH is 1. The standard InChI is InChI=1S/C11H12N4O/c1-7(16)10-3-2-8(4-13-10)9-5-14-11(12)15-6-9/h2-7,16H,1H3,(H2,12,14,15)/t7-/m0/s1. The Morgan fingerprint density at radius 3 is 2.19 bits per heavy atom. The molecule has 0 aliphatic heterocycles. The van der Waals surface area contributed by atoms with Crippen molar-refractivity contribution in [2.75, 3.05) is 5.73 Å². The molecule has 0 unspecified atom stereocenters. The van der Waals surface area contributed by atoms with Crippen LogP contribution < -0.4 is 5.73 Å². The van der Waals surface area contributed by atoms with Gasteiger partial charge in [0.15, 0.2) is 0 Å². The molecule has 0 saturated heterocycles. The Balaban J connectivity index is 2.31. The lowest BCUT2D eigenvalue weighted by atomic mass is 10.1. The van der Waals surface area contributed by atoms with Crippen LogP contribution in [0.5, 0.6) is 0 Å². The highest BCUT2D eigenvalue weighted by molar-refractivity contribution is 5.60. The highest BCUT2D eigenvalue weighted by Gasteiger charge is 2.03. The Morgan fingerprint density at radius 1 is 1.06 bits per heavy atom. The maximum Gasteiger partial charge on any atom is 0.219 e. The first-order valence-electron chi connectivity index (χ1n) is 4.89. The number of anilines is 1. The van der Waals surface area contributed by atoms with Crippen molar-refractivity contribution in [3.63, 3.8) is 0 Å². The topological polar surface area (TPSA) is 84.9 Å². The number of nitrogen functional groups attached to an aromatic ring is 1. The zero-order valence-electron chi connectivity index (χ0n) is 8.83. The average molecular weight is 216 g/mol. The predicted molar refractivity (Wildman–Crippen MR) is 60.3 cm³/mol. The van der Waals surface area contributed by atoms with E-state index in [1.165, 1.54) is 0 Å². The van der Waals surface area contributed by atoms with E-state index in [1.807, 2.05) is 6.07 Å². The Hall–Kier alpha value is -2.01. The van der Waals surface area contributed by atoms with Crippen LogP contribution in [0, 0.1) is 0 Å². The largest absolute Gasteiger partial charge is 0.387 e. The number of nitrogens with two attached hydrogens (primary N) is 1. The Bertz CT molecular complexity index is 464. The maximum atomic E-state index is 9.32. The van der Waals surface area contributed by atoms with Gasteiger partial charge in [0, 0.05) is 29.7 Å². The summed E-state index contributed by atoms with van der Waals surface area (Å²) in [6.07, 6.45) is 4.40. The van der Waals surface area contributed by atoms with Crippen molar-refractivity contribution in [1.29, 1.82) is 0 Å². The van der Waals surface area contributed by atoms with Gasteiger partial charge in [-0.15, -0.1) is 0 Å². The summed E-state index contributed by atoms with van der Waals surface area (Å²) >= 11 is 0. The summed E-state index contributed by atoms with van der Waals surface area (Å²) in [7, 11) is 0. The summed E-state index contributed by atoms with van der Waals surface area (Å²) in [5, 5.41) is 9.32. The normalized spacial score (nSPS) is 12.4. The average Bonchev–Trinajstić information content (AvgIpc) is 2.30. The molecule has 5 heteroatoms. The molecule has 2 rings (SSSR count). The number of rotatable bonds is 2. The molecule has 0 amide bonds. The lowest BCUT2D eigenvalue weighted by Crippen LogP contribution is -1.96. The van der Waals surface area contributed by atoms with Gasteiger partial charge in [0.05, 0.1) is 11.8 Å². The van der Waals surface area contributed by atoms with Gasteiger partial charge in [-0.2, -0.15) is 0 Å². The van der Waals surface area contributed by atoms with Gasteiger partial charge in [0.2, 0.25) is 5.95 Å². The molecule has 1 atom stereocenters. The van der Waals surface area contributed by atoms with Crippen molar-refractivity contribution < 1.29 is 5.11 Å². The fourth-order valence-electron chi connectivity index (χ4n) is 1.31. The molecule has 16 heavy (non-hydrogen) atoms. The summed E-state index contributed by atoms with van der Waals surface area (Å²) in [5.74, 6) is 0.248. The van der Waals surface area contributed by atoms with Gasteiger partial charge in [-0.25, -0.2) is 9.97 Å². The molecule has 2 aromatic rings. The molecular formula is C11H12N4O. The van der Waals surface area contributed by atoms with Crippen molar-refractivity contribution in [2.24, 2.45) is 0 Å². The van der Waals surface area contributed by atoms with Crippen LogP contribution in [0.4, 0.5) is 5.95 Å². The molecule has 5 nitrogen and oxygen atoms in total. The molecule has 2 aromatic heterocycles. The zero-order chi connectivity index (χ0) is 11.5. The molecule has 2 heterocycles. The summed E-state index contributed by atoms with van der Waals surface area (Å²) in [4.78, 5) is 11.9. The van der Waals surface area contributed by atoms with E-state index in [-0.39, 0.29) is 5.95 Å². The minimum absolute atomic E-state index is 0.248. The third-order valence-electron chi connectivity index (χ3n) is 2.22. The Labute approximate surface area is 93.0 Å². The predicted octanol–water partition coefficient (Wildman–Crippen LogP) is 1.17. The van der Waals surface area contributed by atoms with Gasteiger partial charge in [0.1, 0.15) is 0 Å². The molecule has 0 radical (unpaired) electrons. The van der Waals surface area contributed by atoms with E-state index in [9.17, 15) is 5.11 Å². The van der Waals surface area contributed by atoms with Crippen molar-refractivity contribution in [3.05, 3.63) is 36.4 Å².